The van der Waals surface area contributed by atoms with Gasteiger partial charge in [-0.1, -0.05) is 12.1 Å². The highest BCUT2D eigenvalue weighted by Gasteiger charge is 2.30. The van der Waals surface area contributed by atoms with Crippen LogP contribution in [0.25, 0.3) is 0 Å². The van der Waals surface area contributed by atoms with Gasteiger partial charge in [0.05, 0.1) is 11.6 Å². The van der Waals surface area contributed by atoms with Crippen LogP contribution in [0.15, 0.2) is 22.7 Å². The maximum absolute atomic E-state index is 11.4. The minimum absolute atomic E-state index is 0.00981. The van der Waals surface area contributed by atoms with Crippen LogP contribution in [0, 0.1) is 0 Å². The van der Waals surface area contributed by atoms with E-state index >= 15 is 0 Å². The molecular weight excluding hydrogens is 232 g/mol. The van der Waals surface area contributed by atoms with Crippen LogP contribution in [0.3, 0.4) is 0 Å². The summed E-state index contributed by atoms with van der Waals surface area (Å²) in [6.45, 7) is 0.356. The molecule has 1 atom stereocenters. The van der Waals surface area contributed by atoms with Gasteiger partial charge in [0.15, 0.2) is 0 Å². The lowest BCUT2D eigenvalue weighted by molar-refractivity contribution is -0.116. The summed E-state index contributed by atoms with van der Waals surface area (Å²) in [7, 11) is 0. The average Bonchev–Trinajstić information content (AvgIpc) is 2.43. The Bertz CT molecular complexity index is 365. The first kappa shape index (κ1) is 8.72. The summed E-state index contributed by atoms with van der Waals surface area (Å²) < 4.78 is 0.911. The highest BCUT2D eigenvalue weighted by Crippen LogP contribution is 2.36. The molecule has 1 unspecified atom stereocenters. The number of halogens is 1. The molecule has 3 N–H and O–H groups in total. The van der Waals surface area contributed by atoms with E-state index in [9.17, 15) is 4.79 Å². The van der Waals surface area contributed by atoms with Crippen LogP contribution < -0.4 is 11.1 Å². The lowest BCUT2D eigenvalue weighted by atomic mass is 10.0. The molecule has 13 heavy (non-hydrogen) atoms. The molecule has 1 aromatic rings. The summed E-state index contributed by atoms with van der Waals surface area (Å²) in [6, 6.07) is 5.74. The highest BCUT2D eigenvalue weighted by molar-refractivity contribution is 9.10. The summed E-state index contributed by atoms with van der Waals surface area (Å²) >= 11 is 3.38. The van der Waals surface area contributed by atoms with Crippen molar-refractivity contribution in [1.29, 1.82) is 0 Å². The molecule has 0 spiro atoms. The third-order valence-corrected chi connectivity index (χ3v) is 2.88. The third-order valence-electron chi connectivity index (χ3n) is 2.22. The molecule has 4 heteroatoms. The number of anilines is 1. The SMILES string of the molecule is NCC1C(=O)Nc2c(Br)cccc21. The second-order valence-electron chi connectivity index (χ2n) is 2.98. The van der Waals surface area contributed by atoms with Gasteiger partial charge in [0.25, 0.3) is 0 Å². The second-order valence-corrected chi connectivity index (χ2v) is 3.84. The van der Waals surface area contributed by atoms with E-state index in [0.29, 0.717) is 6.54 Å². The number of nitrogens with one attached hydrogen (secondary N) is 1. The minimum atomic E-state index is -0.188. The number of hydrogen-bond donors (Lipinski definition) is 2. The smallest absolute Gasteiger partial charge is 0.233 e. The third kappa shape index (κ3) is 1.26. The van der Waals surface area contributed by atoms with Gasteiger partial charge in [-0.3, -0.25) is 4.79 Å². The number of carbonyl (C=O) groups is 1. The van der Waals surface area contributed by atoms with Crippen LogP contribution in [0.1, 0.15) is 11.5 Å². The van der Waals surface area contributed by atoms with E-state index in [-0.39, 0.29) is 11.8 Å². The van der Waals surface area contributed by atoms with Gasteiger partial charge in [0.2, 0.25) is 5.91 Å². The molecule has 0 aliphatic carbocycles. The van der Waals surface area contributed by atoms with Crippen molar-refractivity contribution in [3.05, 3.63) is 28.2 Å². The zero-order valence-corrected chi connectivity index (χ0v) is 8.47. The lowest BCUT2D eigenvalue weighted by Gasteiger charge is -2.03. The van der Waals surface area contributed by atoms with E-state index in [2.05, 4.69) is 21.2 Å². The van der Waals surface area contributed by atoms with Gasteiger partial charge in [-0.25, -0.2) is 0 Å². The van der Waals surface area contributed by atoms with Crippen LogP contribution >= 0.6 is 15.9 Å². The van der Waals surface area contributed by atoms with Crippen molar-refractivity contribution >= 4 is 27.5 Å². The molecule has 2 rings (SSSR count). The Morgan fingerprint density at radius 3 is 3.00 bits per heavy atom. The van der Waals surface area contributed by atoms with Crippen LogP contribution in [0.2, 0.25) is 0 Å². The molecule has 0 saturated carbocycles. The predicted molar refractivity (Wildman–Crippen MR) is 54.6 cm³/mol. The van der Waals surface area contributed by atoms with Gasteiger partial charge in [-0.15, -0.1) is 0 Å². The maximum atomic E-state index is 11.4. The molecule has 1 aliphatic rings. The zero-order chi connectivity index (χ0) is 9.42. The van der Waals surface area contributed by atoms with Crippen molar-refractivity contribution in [3.8, 4) is 0 Å². The molecule has 0 aromatic heterocycles. The van der Waals surface area contributed by atoms with E-state index in [4.69, 9.17) is 5.73 Å². The lowest BCUT2D eigenvalue weighted by Crippen LogP contribution is -2.20. The summed E-state index contributed by atoms with van der Waals surface area (Å²) in [5.41, 5.74) is 7.36. The molecule has 0 radical (unpaired) electrons. The first-order valence-corrected chi connectivity index (χ1v) is 4.82. The Balaban J connectivity index is 2.54. The Labute approximate surface area is 84.4 Å². The molecule has 1 heterocycles. The second kappa shape index (κ2) is 3.12. The Morgan fingerprint density at radius 2 is 2.31 bits per heavy atom. The minimum Gasteiger partial charge on any atom is -0.329 e. The molecule has 1 amide bonds. The maximum Gasteiger partial charge on any atom is 0.233 e. The largest absolute Gasteiger partial charge is 0.329 e. The fourth-order valence-corrected chi connectivity index (χ4v) is 2.03. The van der Waals surface area contributed by atoms with E-state index < -0.39 is 0 Å². The predicted octanol–water partition coefficient (Wildman–Crippen LogP) is 1.44. The molecule has 3 nitrogen and oxygen atoms in total. The summed E-state index contributed by atoms with van der Waals surface area (Å²) in [6.07, 6.45) is 0. The molecule has 68 valence electrons. The van der Waals surface area contributed by atoms with Crippen molar-refractivity contribution in [3.63, 3.8) is 0 Å². The Hall–Kier alpha value is -0.870. The van der Waals surface area contributed by atoms with Crippen LogP contribution in [0.5, 0.6) is 0 Å². The number of rotatable bonds is 1. The number of nitrogens with two attached hydrogens (primary N) is 1. The topological polar surface area (TPSA) is 55.1 Å². The van der Waals surface area contributed by atoms with Gasteiger partial charge >= 0.3 is 0 Å². The normalized spacial score (nSPS) is 19.8. The summed E-state index contributed by atoms with van der Waals surface area (Å²) in [4.78, 5) is 11.4. The molecular formula is C9H9BrN2O. The van der Waals surface area contributed by atoms with Gasteiger partial charge in [0.1, 0.15) is 0 Å². The van der Waals surface area contributed by atoms with Crippen molar-refractivity contribution < 1.29 is 4.79 Å². The molecule has 0 saturated heterocycles. The van der Waals surface area contributed by atoms with Crippen molar-refractivity contribution in [1.82, 2.24) is 0 Å². The number of hydrogen-bond acceptors (Lipinski definition) is 2. The summed E-state index contributed by atoms with van der Waals surface area (Å²) in [5.74, 6) is -0.197. The standard InChI is InChI=1S/C9H9BrN2O/c10-7-3-1-2-5-6(4-11)9(13)12-8(5)7/h1-3,6H,4,11H2,(H,12,13). The number of para-hydroxylation sites is 1. The average molecular weight is 241 g/mol. The molecule has 1 aliphatic heterocycles. The first-order chi connectivity index (χ1) is 6.24. The van der Waals surface area contributed by atoms with Crippen molar-refractivity contribution in [2.45, 2.75) is 5.92 Å². The Kier molecular flexibility index (Phi) is 2.09. The van der Waals surface area contributed by atoms with Crippen molar-refractivity contribution in [2.24, 2.45) is 5.73 Å². The van der Waals surface area contributed by atoms with Crippen LogP contribution in [-0.4, -0.2) is 12.5 Å². The fraction of sp³-hybridized carbons (Fsp3) is 0.222. The van der Waals surface area contributed by atoms with E-state index in [1.807, 2.05) is 18.2 Å². The molecule has 0 bridgehead atoms. The van der Waals surface area contributed by atoms with Gasteiger partial charge in [-0.05, 0) is 27.6 Å². The Morgan fingerprint density at radius 1 is 1.54 bits per heavy atom. The van der Waals surface area contributed by atoms with Gasteiger partial charge < -0.3 is 11.1 Å². The molecule has 1 aromatic carbocycles. The van der Waals surface area contributed by atoms with Crippen LogP contribution in [-0.2, 0) is 4.79 Å². The quantitative estimate of drug-likeness (QED) is 0.781. The number of amides is 1. The van der Waals surface area contributed by atoms with E-state index in [0.717, 1.165) is 15.7 Å². The summed E-state index contributed by atoms with van der Waals surface area (Å²) in [5, 5.41) is 2.80. The monoisotopic (exact) mass is 240 g/mol. The number of benzene rings is 1. The van der Waals surface area contributed by atoms with Gasteiger partial charge in [-0.2, -0.15) is 0 Å². The zero-order valence-electron chi connectivity index (χ0n) is 6.88. The van der Waals surface area contributed by atoms with E-state index in [1.165, 1.54) is 0 Å². The first-order valence-electron chi connectivity index (χ1n) is 4.03. The van der Waals surface area contributed by atoms with Crippen LogP contribution in [0.4, 0.5) is 5.69 Å². The number of fused-ring (bicyclic) bond motifs is 1. The van der Waals surface area contributed by atoms with Crippen molar-refractivity contribution in [2.75, 3.05) is 11.9 Å². The highest BCUT2D eigenvalue weighted by atomic mass is 79.9. The number of carbonyl (C=O) groups excluding carboxylic acids is 1. The fourth-order valence-electron chi connectivity index (χ4n) is 1.55. The van der Waals surface area contributed by atoms with Gasteiger partial charge in [0, 0.05) is 11.0 Å². The van der Waals surface area contributed by atoms with E-state index in [1.54, 1.807) is 0 Å². The molecule has 0 fully saturated rings.